The third kappa shape index (κ3) is 2.33. The van der Waals surface area contributed by atoms with Gasteiger partial charge < -0.3 is 5.73 Å². The van der Waals surface area contributed by atoms with Crippen LogP contribution in [0.2, 0.25) is 5.02 Å². The van der Waals surface area contributed by atoms with Crippen LogP contribution < -0.4 is 10.9 Å². The van der Waals surface area contributed by atoms with Gasteiger partial charge in [-0.15, -0.1) is 0 Å². The molecule has 0 unspecified atom stereocenters. The van der Waals surface area contributed by atoms with Gasteiger partial charge in [0.2, 0.25) is 10.0 Å². The van der Waals surface area contributed by atoms with Crippen LogP contribution in [0.1, 0.15) is 5.69 Å². The Morgan fingerprint density at radius 2 is 2.06 bits per heavy atom. The smallest absolute Gasteiger partial charge is 0.240 e. The minimum atomic E-state index is -3.82. The molecule has 2 aromatic rings. The van der Waals surface area contributed by atoms with Crippen LogP contribution in [-0.4, -0.2) is 18.2 Å². The molecule has 0 fully saturated rings. The highest BCUT2D eigenvalue weighted by Crippen LogP contribution is 2.22. The van der Waals surface area contributed by atoms with E-state index in [-0.39, 0.29) is 10.6 Å². The van der Waals surface area contributed by atoms with Gasteiger partial charge in [-0.2, -0.15) is 5.10 Å². The molecule has 18 heavy (non-hydrogen) atoms. The molecule has 0 amide bonds. The molecule has 0 radical (unpaired) electrons. The van der Waals surface area contributed by atoms with Crippen LogP contribution in [0.5, 0.6) is 0 Å². The first-order valence-corrected chi connectivity index (χ1v) is 6.86. The van der Waals surface area contributed by atoms with Gasteiger partial charge in [0.15, 0.2) is 0 Å². The summed E-state index contributed by atoms with van der Waals surface area (Å²) < 4.78 is 23.9. The number of sulfonamides is 1. The zero-order valence-electron chi connectivity index (χ0n) is 9.46. The van der Waals surface area contributed by atoms with Gasteiger partial charge in [-0.3, -0.25) is 0 Å². The summed E-state index contributed by atoms with van der Waals surface area (Å²) in [5.74, 6) is 0. The van der Waals surface area contributed by atoms with Crippen molar-refractivity contribution < 1.29 is 8.42 Å². The number of aromatic nitrogens is 2. The number of benzene rings is 1. The predicted molar refractivity (Wildman–Crippen MR) is 69.1 cm³/mol. The topological polar surface area (TPSA) is 104 Å². The number of nitrogens with two attached hydrogens (primary N) is 2. The second-order valence-corrected chi connectivity index (χ2v) is 5.71. The van der Waals surface area contributed by atoms with Crippen molar-refractivity contribution in [1.29, 1.82) is 0 Å². The number of rotatable bonds is 2. The summed E-state index contributed by atoms with van der Waals surface area (Å²) in [5, 5.41) is 9.70. The second kappa shape index (κ2) is 4.27. The molecule has 1 aromatic carbocycles. The van der Waals surface area contributed by atoms with E-state index in [9.17, 15) is 8.42 Å². The molecule has 0 bridgehead atoms. The van der Waals surface area contributed by atoms with Crippen molar-refractivity contribution in [3.8, 4) is 5.69 Å². The first-order valence-electron chi connectivity index (χ1n) is 4.93. The number of anilines is 1. The monoisotopic (exact) mass is 286 g/mol. The van der Waals surface area contributed by atoms with Crippen molar-refractivity contribution in [1.82, 2.24) is 9.78 Å². The Labute approximate surface area is 109 Å². The van der Waals surface area contributed by atoms with E-state index < -0.39 is 10.0 Å². The van der Waals surface area contributed by atoms with Gasteiger partial charge in [0.25, 0.3) is 0 Å². The molecule has 0 spiro atoms. The quantitative estimate of drug-likeness (QED) is 0.806. The lowest BCUT2D eigenvalue weighted by Crippen LogP contribution is -2.14. The van der Waals surface area contributed by atoms with Crippen molar-refractivity contribution in [2.24, 2.45) is 5.14 Å². The summed E-state index contributed by atoms with van der Waals surface area (Å²) in [4.78, 5) is -0.110. The van der Waals surface area contributed by atoms with Crippen LogP contribution in [0, 0.1) is 6.92 Å². The average molecular weight is 287 g/mol. The molecule has 1 heterocycles. The Morgan fingerprint density at radius 1 is 1.39 bits per heavy atom. The standard InChI is InChI=1S/C10H11ClN4O2S/c1-6-8(11)5-15(14-6)7-2-3-10(9(12)4-7)18(13,16)17/h2-5H,12H2,1H3,(H2,13,16,17). The van der Waals surface area contributed by atoms with Crippen LogP contribution in [0.4, 0.5) is 5.69 Å². The lowest BCUT2D eigenvalue weighted by Gasteiger charge is -2.06. The van der Waals surface area contributed by atoms with Gasteiger partial charge in [0.1, 0.15) is 4.90 Å². The molecule has 1 aromatic heterocycles. The number of hydrogen-bond acceptors (Lipinski definition) is 4. The molecule has 96 valence electrons. The summed E-state index contributed by atoms with van der Waals surface area (Å²) in [6.07, 6.45) is 1.61. The fourth-order valence-electron chi connectivity index (χ4n) is 1.51. The van der Waals surface area contributed by atoms with Crippen LogP contribution >= 0.6 is 11.6 Å². The Bertz CT molecular complexity index is 689. The van der Waals surface area contributed by atoms with Gasteiger partial charge in [-0.05, 0) is 25.1 Å². The number of primary sulfonamides is 1. The SMILES string of the molecule is Cc1nn(-c2ccc(S(N)(=O)=O)c(N)c2)cc1Cl. The van der Waals surface area contributed by atoms with E-state index in [1.165, 1.54) is 16.8 Å². The molecule has 0 aliphatic rings. The van der Waals surface area contributed by atoms with Crippen molar-refractivity contribution in [3.63, 3.8) is 0 Å². The molecule has 0 aliphatic heterocycles. The van der Waals surface area contributed by atoms with Crippen LogP contribution in [-0.2, 0) is 10.0 Å². The molecule has 0 saturated carbocycles. The first kappa shape index (κ1) is 12.9. The minimum absolute atomic E-state index is 0.0688. The summed E-state index contributed by atoms with van der Waals surface area (Å²) >= 11 is 5.89. The average Bonchev–Trinajstić information content (AvgIpc) is 2.57. The second-order valence-electron chi connectivity index (χ2n) is 3.77. The van der Waals surface area contributed by atoms with Gasteiger partial charge in [0, 0.05) is 6.20 Å². The molecule has 0 atom stereocenters. The lowest BCUT2D eigenvalue weighted by atomic mass is 10.3. The van der Waals surface area contributed by atoms with Crippen molar-refractivity contribution in [3.05, 3.63) is 35.1 Å². The number of hydrogen-bond donors (Lipinski definition) is 2. The maximum absolute atomic E-state index is 11.2. The highest BCUT2D eigenvalue weighted by molar-refractivity contribution is 7.89. The number of nitrogens with zero attached hydrogens (tertiary/aromatic N) is 2. The molecular weight excluding hydrogens is 276 g/mol. The molecule has 8 heteroatoms. The summed E-state index contributed by atoms with van der Waals surface area (Å²) in [5.41, 5.74) is 7.00. The van der Waals surface area contributed by atoms with E-state index in [2.05, 4.69) is 5.10 Å². The van der Waals surface area contributed by atoms with Crippen LogP contribution in [0.15, 0.2) is 29.3 Å². The zero-order chi connectivity index (χ0) is 13.5. The Balaban J connectivity index is 2.53. The Hall–Kier alpha value is -1.57. The molecule has 4 N–H and O–H groups in total. The van der Waals surface area contributed by atoms with Gasteiger partial charge in [0.05, 0.1) is 22.1 Å². The van der Waals surface area contributed by atoms with Gasteiger partial charge in [-0.25, -0.2) is 18.2 Å². The Kier molecular flexibility index (Phi) is 3.05. The van der Waals surface area contributed by atoms with E-state index in [0.717, 1.165) is 0 Å². The van der Waals surface area contributed by atoms with Gasteiger partial charge in [-0.1, -0.05) is 11.6 Å². The summed E-state index contributed by atoms with van der Waals surface area (Å²) in [7, 11) is -3.82. The van der Waals surface area contributed by atoms with E-state index in [4.69, 9.17) is 22.5 Å². The van der Waals surface area contributed by atoms with Crippen molar-refractivity contribution in [2.45, 2.75) is 11.8 Å². The van der Waals surface area contributed by atoms with E-state index in [1.807, 2.05) is 0 Å². The van der Waals surface area contributed by atoms with Crippen LogP contribution in [0.3, 0.4) is 0 Å². The molecule has 0 saturated heterocycles. The van der Waals surface area contributed by atoms with E-state index in [1.54, 1.807) is 19.2 Å². The molecule has 0 aliphatic carbocycles. The van der Waals surface area contributed by atoms with Crippen molar-refractivity contribution >= 4 is 27.3 Å². The molecule has 2 rings (SSSR count). The summed E-state index contributed by atoms with van der Waals surface area (Å²) in [6, 6.07) is 4.37. The van der Waals surface area contributed by atoms with E-state index in [0.29, 0.717) is 16.4 Å². The zero-order valence-corrected chi connectivity index (χ0v) is 11.0. The Morgan fingerprint density at radius 3 is 2.50 bits per heavy atom. The van der Waals surface area contributed by atoms with Gasteiger partial charge >= 0.3 is 0 Å². The summed E-state index contributed by atoms with van der Waals surface area (Å²) in [6.45, 7) is 1.76. The number of nitrogen functional groups attached to an aromatic ring is 1. The fourth-order valence-corrected chi connectivity index (χ4v) is 2.28. The number of halogens is 1. The highest BCUT2D eigenvalue weighted by atomic mass is 35.5. The number of aryl methyl sites for hydroxylation is 1. The maximum atomic E-state index is 11.2. The van der Waals surface area contributed by atoms with E-state index >= 15 is 0 Å². The first-order chi connectivity index (χ1) is 8.29. The van der Waals surface area contributed by atoms with Crippen LogP contribution in [0.25, 0.3) is 5.69 Å². The minimum Gasteiger partial charge on any atom is -0.398 e. The largest absolute Gasteiger partial charge is 0.398 e. The fraction of sp³-hybridized carbons (Fsp3) is 0.100. The lowest BCUT2D eigenvalue weighted by molar-refractivity contribution is 0.598. The maximum Gasteiger partial charge on any atom is 0.240 e. The molecular formula is C10H11ClN4O2S. The molecule has 6 nitrogen and oxygen atoms in total. The normalized spacial score (nSPS) is 11.7. The van der Waals surface area contributed by atoms with Crippen molar-refractivity contribution in [2.75, 3.05) is 5.73 Å². The third-order valence-corrected chi connectivity index (χ3v) is 3.76. The third-order valence-electron chi connectivity index (χ3n) is 2.40. The highest BCUT2D eigenvalue weighted by Gasteiger charge is 2.13. The predicted octanol–water partition coefficient (Wildman–Crippen LogP) is 1.06.